The molecule has 1 unspecified atom stereocenters. The first-order chi connectivity index (χ1) is 9.88. The quantitative estimate of drug-likeness (QED) is 0.742. The molecule has 0 saturated carbocycles. The first-order valence-electron chi connectivity index (χ1n) is 6.51. The van der Waals surface area contributed by atoms with Crippen LogP contribution in [0.4, 0.5) is 0 Å². The zero-order chi connectivity index (χ0) is 13.8. The van der Waals surface area contributed by atoms with E-state index in [1.54, 1.807) is 0 Å². The molecular weight excluding hydrogens is 266 g/mol. The number of benzene rings is 2. The smallest absolute Gasteiger partial charge is 0.113 e. The van der Waals surface area contributed by atoms with Crippen molar-refractivity contribution in [2.45, 2.75) is 6.04 Å². The van der Waals surface area contributed by atoms with Gasteiger partial charge in [0.15, 0.2) is 0 Å². The van der Waals surface area contributed by atoms with Crippen molar-refractivity contribution < 1.29 is 0 Å². The molecule has 1 aromatic heterocycles. The summed E-state index contributed by atoms with van der Waals surface area (Å²) in [6.45, 7) is 0. The molecule has 0 spiro atoms. The standard InChI is InChI=1S/C16H15N3S/c20-12-16(14-9-5-2-6-10-14)19-11-15(17-18-19)13-7-3-1-4-8-13/h1-11,16,20H,12H2. The summed E-state index contributed by atoms with van der Waals surface area (Å²) in [4.78, 5) is 0. The number of hydrogen-bond acceptors (Lipinski definition) is 3. The van der Waals surface area contributed by atoms with Crippen LogP contribution in [0, 0.1) is 0 Å². The Labute approximate surface area is 123 Å². The molecule has 3 aromatic rings. The molecule has 0 aliphatic heterocycles. The third-order valence-corrected chi connectivity index (χ3v) is 3.60. The van der Waals surface area contributed by atoms with Gasteiger partial charge in [-0.1, -0.05) is 65.9 Å². The fourth-order valence-electron chi connectivity index (χ4n) is 2.19. The van der Waals surface area contributed by atoms with E-state index in [0.29, 0.717) is 5.75 Å². The topological polar surface area (TPSA) is 30.7 Å². The summed E-state index contributed by atoms with van der Waals surface area (Å²) < 4.78 is 1.88. The van der Waals surface area contributed by atoms with Crippen molar-refractivity contribution in [3.8, 4) is 11.3 Å². The molecule has 3 rings (SSSR count). The minimum Gasteiger partial charge on any atom is -0.244 e. The van der Waals surface area contributed by atoms with E-state index in [2.05, 4.69) is 35.1 Å². The van der Waals surface area contributed by atoms with Crippen molar-refractivity contribution in [2.24, 2.45) is 0 Å². The lowest BCUT2D eigenvalue weighted by Crippen LogP contribution is -2.12. The highest BCUT2D eigenvalue weighted by Gasteiger charge is 2.14. The van der Waals surface area contributed by atoms with Gasteiger partial charge in [0.05, 0.1) is 12.2 Å². The summed E-state index contributed by atoms with van der Waals surface area (Å²) in [5, 5.41) is 8.52. The molecule has 0 bridgehead atoms. The molecule has 0 amide bonds. The van der Waals surface area contributed by atoms with Gasteiger partial charge in [0.25, 0.3) is 0 Å². The third kappa shape index (κ3) is 2.60. The van der Waals surface area contributed by atoms with E-state index in [4.69, 9.17) is 0 Å². The van der Waals surface area contributed by atoms with Crippen LogP contribution in [0.1, 0.15) is 11.6 Å². The monoisotopic (exact) mass is 281 g/mol. The van der Waals surface area contributed by atoms with E-state index < -0.39 is 0 Å². The number of nitrogens with zero attached hydrogens (tertiary/aromatic N) is 3. The maximum absolute atomic E-state index is 4.45. The van der Waals surface area contributed by atoms with Crippen LogP contribution < -0.4 is 0 Å². The normalized spacial score (nSPS) is 12.2. The van der Waals surface area contributed by atoms with Crippen LogP contribution >= 0.6 is 12.6 Å². The van der Waals surface area contributed by atoms with Crippen molar-refractivity contribution in [1.82, 2.24) is 15.0 Å². The van der Waals surface area contributed by atoms with Crippen LogP contribution in [0.2, 0.25) is 0 Å². The molecule has 100 valence electrons. The van der Waals surface area contributed by atoms with Crippen molar-refractivity contribution in [1.29, 1.82) is 0 Å². The van der Waals surface area contributed by atoms with Gasteiger partial charge in [0.2, 0.25) is 0 Å². The molecular formula is C16H15N3S. The lowest BCUT2D eigenvalue weighted by Gasteiger charge is -2.14. The molecule has 2 aromatic carbocycles. The highest BCUT2D eigenvalue weighted by atomic mass is 32.1. The largest absolute Gasteiger partial charge is 0.244 e. The summed E-state index contributed by atoms with van der Waals surface area (Å²) in [5.74, 6) is 0.682. The van der Waals surface area contributed by atoms with Gasteiger partial charge in [0, 0.05) is 11.3 Å². The van der Waals surface area contributed by atoms with Gasteiger partial charge >= 0.3 is 0 Å². The molecule has 0 radical (unpaired) electrons. The highest BCUT2D eigenvalue weighted by molar-refractivity contribution is 7.80. The van der Waals surface area contributed by atoms with Crippen molar-refractivity contribution >= 4 is 12.6 Å². The zero-order valence-electron chi connectivity index (χ0n) is 10.9. The Morgan fingerprint density at radius 1 is 0.950 bits per heavy atom. The minimum absolute atomic E-state index is 0.101. The second kappa shape index (κ2) is 5.92. The van der Waals surface area contributed by atoms with Gasteiger partial charge in [-0.15, -0.1) is 5.10 Å². The first-order valence-corrected chi connectivity index (χ1v) is 7.15. The fraction of sp³-hybridized carbons (Fsp3) is 0.125. The molecule has 1 atom stereocenters. The zero-order valence-corrected chi connectivity index (χ0v) is 11.8. The molecule has 20 heavy (non-hydrogen) atoms. The van der Waals surface area contributed by atoms with Crippen LogP contribution in [0.15, 0.2) is 66.9 Å². The second-order valence-corrected chi connectivity index (χ2v) is 4.92. The maximum atomic E-state index is 4.45. The van der Waals surface area contributed by atoms with Crippen LogP contribution in [-0.2, 0) is 0 Å². The SMILES string of the molecule is SCC(c1ccccc1)n1cc(-c2ccccc2)nn1. The van der Waals surface area contributed by atoms with E-state index in [0.717, 1.165) is 11.3 Å². The molecule has 0 aliphatic carbocycles. The van der Waals surface area contributed by atoms with Crippen LogP contribution in [0.3, 0.4) is 0 Å². The Balaban J connectivity index is 1.93. The number of rotatable bonds is 4. The van der Waals surface area contributed by atoms with Crippen molar-refractivity contribution in [2.75, 3.05) is 5.75 Å². The van der Waals surface area contributed by atoms with E-state index in [1.807, 2.05) is 59.4 Å². The van der Waals surface area contributed by atoms with Crippen molar-refractivity contribution in [3.05, 3.63) is 72.4 Å². The molecule has 1 heterocycles. The van der Waals surface area contributed by atoms with Gasteiger partial charge in [0.1, 0.15) is 5.69 Å². The maximum Gasteiger partial charge on any atom is 0.113 e. The molecule has 0 fully saturated rings. The van der Waals surface area contributed by atoms with Crippen LogP contribution in [0.25, 0.3) is 11.3 Å². The molecule has 0 aliphatic rings. The summed E-state index contributed by atoms with van der Waals surface area (Å²) in [6, 6.07) is 20.4. The van der Waals surface area contributed by atoms with E-state index in [9.17, 15) is 0 Å². The van der Waals surface area contributed by atoms with Gasteiger partial charge in [-0.2, -0.15) is 12.6 Å². The average Bonchev–Trinajstić information content (AvgIpc) is 3.00. The molecule has 3 nitrogen and oxygen atoms in total. The highest BCUT2D eigenvalue weighted by Crippen LogP contribution is 2.22. The Hall–Kier alpha value is -2.07. The van der Waals surface area contributed by atoms with Crippen LogP contribution in [-0.4, -0.2) is 20.7 Å². The lowest BCUT2D eigenvalue weighted by atomic mass is 10.1. The van der Waals surface area contributed by atoms with Gasteiger partial charge < -0.3 is 0 Å². The Morgan fingerprint density at radius 2 is 1.60 bits per heavy atom. The predicted molar refractivity (Wildman–Crippen MR) is 83.9 cm³/mol. The molecule has 4 heteroatoms. The minimum atomic E-state index is 0.101. The first kappa shape index (κ1) is 12.9. The average molecular weight is 281 g/mol. The lowest BCUT2D eigenvalue weighted by molar-refractivity contribution is 0.551. The predicted octanol–water partition coefficient (Wildman–Crippen LogP) is 3.46. The Bertz CT molecular complexity index is 664. The summed E-state index contributed by atoms with van der Waals surface area (Å²) in [7, 11) is 0. The molecule has 0 saturated heterocycles. The van der Waals surface area contributed by atoms with Crippen molar-refractivity contribution in [3.63, 3.8) is 0 Å². The van der Waals surface area contributed by atoms with E-state index >= 15 is 0 Å². The summed E-state index contributed by atoms with van der Waals surface area (Å²) in [6.07, 6.45) is 1.98. The summed E-state index contributed by atoms with van der Waals surface area (Å²) >= 11 is 4.45. The van der Waals surface area contributed by atoms with E-state index in [1.165, 1.54) is 5.56 Å². The van der Waals surface area contributed by atoms with Gasteiger partial charge in [-0.05, 0) is 5.56 Å². The summed E-state index contributed by atoms with van der Waals surface area (Å²) in [5.41, 5.74) is 3.14. The number of hydrogen-bond donors (Lipinski definition) is 1. The Morgan fingerprint density at radius 3 is 2.25 bits per heavy atom. The number of thiol groups is 1. The van der Waals surface area contributed by atoms with Crippen LogP contribution in [0.5, 0.6) is 0 Å². The number of aromatic nitrogens is 3. The Kier molecular flexibility index (Phi) is 3.83. The second-order valence-electron chi connectivity index (χ2n) is 4.56. The third-order valence-electron chi connectivity index (χ3n) is 3.26. The van der Waals surface area contributed by atoms with Gasteiger partial charge in [-0.25, -0.2) is 4.68 Å². The van der Waals surface area contributed by atoms with E-state index in [-0.39, 0.29) is 6.04 Å². The molecule has 0 N–H and O–H groups in total. The van der Waals surface area contributed by atoms with Gasteiger partial charge in [-0.3, -0.25) is 0 Å². The fourth-order valence-corrected chi connectivity index (χ4v) is 2.57.